The van der Waals surface area contributed by atoms with Crippen LogP contribution in [0.15, 0.2) is 0 Å². The molecule has 0 radical (unpaired) electrons. The summed E-state index contributed by atoms with van der Waals surface area (Å²) in [5.41, 5.74) is -0.449. The van der Waals surface area contributed by atoms with Gasteiger partial charge in [-0.3, -0.25) is 9.59 Å². The summed E-state index contributed by atoms with van der Waals surface area (Å²) in [5.74, 6) is -2.25. The van der Waals surface area contributed by atoms with Gasteiger partial charge >= 0.3 is 5.97 Å². The van der Waals surface area contributed by atoms with Gasteiger partial charge in [0.2, 0.25) is 15.9 Å². The molecule has 0 unspecified atom stereocenters. The third-order valence-electron chi connectivity index (χ3n) is 3.08. The Hall–Kier alpha value is -1.15. The van der Waals surface area contributed by atoms with Crippen LogP contribution in [-0.4, -0.2) is 55.2 Å². The van der Waals surface area contributed by atoms with E-state index in [-0.39, 0.29) is 11.9 Å². The Bertz CT molecular complexity index is 473. The number of amides is 1. The maximum absolute atomic E-state index is 12.1. The van der Waals surface area contributed by atoms with Crippen molar-refractivity contribution < 1.29 is 23.1 Å². The average Bonchev–Trinajstić information content (AvgIpc) is 2.25. The van der Waals surface area contributed by atoms with E-state index in [1.54, 1.807) is 4.90 Å². The van der Waals surface area contributed by atoms with Crippen LogP contribution < -0.4 is 4.72 Å². The number of sulfonamides is 1. The van der Waals surface area contributed by atoms with Crippen LogP contribution in [0.3, 0.4) is 0 Å². The highest BCUT2D eigenvalue weighted by Gasteiger charge is 2.31. The lowest BCUT2D eigenvalue weighted by Gasteiger charge is -2.35. The van der Waals surface area contributed by atoms with Crippen LogP contribution in [0, 0.1) is 5.41 Å². The van der Waals surface area contributed by atoms with E-state index < -0.39 is 27.2 Å². The molecule has 1 rings (SSSR count). The second kappa shape index (κ2) is 6.09. The fraction of sp³-hybridized carbons (Fsp3) is 0.833. The smallest absolute Gasteiger partial charge is 0.320 e. The quantitative estimate of drug-likeness (QED) is 0.762. The topological polar surface area (TPSA) is 104 Å². The van der Waals surface area contributed by atoms with Crippen molar-refractivity contribution in [2.24, 2.45) is 5.41 Å². The van der Waals surface area contributed by atoms with Crippen LogP contribution in [-0.2, 0) is 19.6 Å². The molecular formula is C12H22N2O5S. The van der Waals surface area contributed by atoms with Crippen LogP contribution in [0.1, 0.15) is 33.6 Å². The monoisotopic (exact) mass is 306 g/mol. The van der Waals surface area contributed by atoms with Crippen LogP contribution in [0.4, 0.5) is 0 Å². The molecule has 0 aromatic carbocycles. The van der Waals surface area contributed by atoms with Crippen molar-refractivity contribution in [3.05, 3.63) is 0 Å². The van der Waals surface area contributed by atoms with Gasteiger partial charge in [-0.25, -0.2) is 13.1 Å². The molecule has 0 aromatic rings. The molecule has 1 fully saturated rings. The molecule has 1 aliphatic heterocycles. The molecule has 0 bridgehead atoms. The molecule has 1 aliphatic rings. The third-order valence-corrected chi connectivity index (χ3v) is 4.40. The predicted octanol–water partition coefficient (Wildman–Crippen LogP) is 0.0275. The average molecular weight is 306 g/mol. The van der Waals surface area contributed by atoms with Crippen LogP contribution in [0.5, 0.6) is 0 Å². The summed E-state index contributed by atoms with van der Waals surface area (Å²) in [6.07, 6.45) is 1.00. The number of aliphatic carboxylic acids is 1. The highest BCUT2D eigenvalue weighted by atomic mass is 32.2. The minimum atomic E-state index is -3.80. The second-order valence-electron chi connectivity index (χ2n) is 6.09. The molecule has 0 spiro atoms. The molecule has 1 amide bonds. The summed E-state index contributed by atoms with van der Waals surface area (Å²) in [4.78, 5) is 24.2. The van der Waals surface area contributed by atoms with Gasteiger partial charge in [0.15, 0.2) is 5.75 Å². The number of carbonyl (C=O) groups is 2. The first kappa shape index (κ1) is 16.9. The van der Waals surface area contributed by atoms with Gasteiger partial charge in [-0.05, 0) is 12.8 Å². The fourth-order valence-electron chi connectivity index (χ4n) is 2.13. The minimum absolute atomic E-state index is 0.0457. The standard InChI is InChI=1S/C12H22N2O5S/c1-12(2,3)11(17)14-6-4-9(5-7-14)13-20(18,19)8-10(15)16/h9,13H,4-8H2,1-3H3,(H,15,16). The molecule has 8 heteroatoms. The number of nitrogens with zero attached hydrogens (tertiary/aromatic N) is 1. The summed E-state index contributed by atoms with van der Waals surface area (Å²) >= 11 is 0. The lowest BCUT2D eigenvalue weighted by atomic mass is 9.93. The molecule has 1 heterocycles. The number of carboxylic acids is 1. The molecule has 1 saturated heterocycles. The Balaban J connectivity index is 2.51. The van der Waals surface area contributed by atoms with Gasteiger partial charge in [-0.2, -0.15) is 0 Å². The van der Waals surface area contributed by atoms with Gasteiger partial charge < -0.3 is 10.0 Å². The van der Waals surface area contributed by atoms with Crippen molar-refractivity contribution >= 4 is 21.9 Å². The number of nitrogens with one attached hydrogen (secondary N) is 1. The normalized spacial score (nSPS) is 18.1. The zero-order chi connectivity index (χ0) is 15.6. The van der Waals surface area contributed by atoms with Crippen LogP contribution in [0.25, 0.3) is 0 Å². The molecule has 7 nitrogen and oxygen atoms in total. The summed E-state index contributed by atoms with van der Waals surface area (Å²) in [6.45, 7) is 6.50. The van der Waals surface area contributed by atoms with E-state index >= 15 is 0 Å². The summed E-state index contributed by atoms with van der Waals surface area (Å²) in [5, 5.41) is 8.51. The van der Waals surface area contributed by atoms with Gasteiger partial charge in [0.25, 0.3) is 0 Å². The van der Waals surface area contributed by atoms with Crippen molar-refractivity contribution in [3.8, 4) is 0 Å². The van der Waals surface area contributed by atoms with Crippen LogP contribution in [0.2, 0.25) is 0 Å². The molecule has 0 aromatic heterocycles. The van der Waals surface area contributed by atoms with Gasteiger partial charge in [-0.1, -0.05) is 20.8 Å². The van der Waals surface area contributed by atoms with E-state index in [0.29, 0.717) is 25.9 Å². The highest BCUT2D eigenvalue weighted by molar-refractivity contribution is 7.90. The second-order valence-corrected chi connectivity index (χ2v) is 7.84. The third kappa shape index (κ3) is 5.09. The summed E-state index contributed by atoms with van der Waals surface area (Å²) < 4.78 is 25.4. The van der Waals surface area contributed by atoms with Gasteiger partial charge in [0.05, 0.1) is 0 Å². The van der Waals surface area contributed by atoms with Gasteiger partial charge in [-0.15, -0.1) is 0 Å². The Kier molecular flexibility index (Phi) is 5.15. The van der Waals surface area contributed by atoms with E-state index in [1.807, 2.05) is 20.8 Å². The largest absolute Gasteiger partial charge is 0.480 e. The van der Waals surface area contributed by atoms with Gasteiger partial charge in [0, 0.05) is 24.5 Å². The summed E-state index contributed by atoms with van der Waals surface area (Å²) in [7, 11) is -3.80. The SMILES string of the molecule is CC(C)(C)C(=O)N1CCC(NS(=O)(=O)CC(=O)O)CC1. The predicted molar refractivity (Wildman–Crippen MR) is 73.6 cm³/mol. The number of carboxylic acid groups (broad SMARTS) is 1. The Morgan fingerprint density at radius 2 is 1.75 bits per heavy atom. The van der Waals surface area contributed by atoms with Crippen molar-refractivity contribution in [2.45, 2.75) is 39.7 Å². The first-order valence-corrected chi connectivity index (χ1v) is 8.18. The first-order chi connectivity index (χ1) is 9.01. The maximum Gasteiger partial charge on any atom is 0.320 e. The lowest BCUT2D eigenvalue weighted by Crippen LogP contribution is -2.49. The van der Waals surface area contributed by atoms with E-state index in [1.165, 1.54) is 0 Å². The minimum Gasteiger partial charge on any atom is -0.480 e. The van der Waals surface area contributed by atoms with Crippen molar-refractivity contribution in [1.29, 1.82) is 0 Å². The Morgan fingerprint density at radius 3 is 2.15 bits per heavy atom. The molecule has 0 saturated carbocycles. The Labute approximate surface area is 119 Å². The molecular weight excluding hydrogens is 284 g/mol. The fourth-order valence-corrected chi connectivity index (χ4v) is 3.28. The molecule has 2 N–H and O–H groups in total. The van der Waals surface area contributed by atoms with Crippen LogP contribution >= 0.6 is 0 Å². The molecule has 0 atom stereocenters. The number of carbonyl (C=O) groups excluding carboxylic acids is 1. The van der Waals surface area contributed by atoms with Crippen molar-refractivity contribution in [1.82, 2.24) is 9.62 Å². The van der Waals surface area contributed by atoms with Gasteiger partial charge in [0.1, 0.15) is 0 Å². The number of likely N-dealkylation sites (tertiary alicyclic amines) is 1. The maximum atomic E-state index is 12.1. The number of hydrogen-bond acceptors (Lipinski definition) is 4. The van der Waals surface area contributed by atoms with E-state index in [2.05, 4.69) is 4.72 Å². The van der Waals surface area contributed by atoms with E-state index in [9.17, 15) is 18.0 Å². The lowest BCUT2D eigenvalue weighted by molar-refractivity contribution is -0.140. The molecule has 20 heavy (non-hydrogen) atoms. The Morgan fingerprint density at radius 1 is 1.25 bits per heavy atom. The van der Waals surface area contributed by atoms with E-state index in [0.717, 1.165) is 0 Å². The highest BCUT2D eigenvalue weighted by Crippen LogP contribution is 2.21. The molecule has 0 aliphatic carbocycles. The van der Waals surface area contributed by atoms with E-state index in [4.69, 9.17) is 5.11 Å². The number of hydrogen-bond donors (Lipinski definition) is 2. The zero-order valence-corrected chi connectivity index (χ0v) is 12.9. The number of piperidine rings is 1. The molecule has 116 valence electrons. The number of rotatable bonds is 4. The van der Waals surface area contributed by atoms with Crippen molar-refractivity contribution in [2.75, 3.05) is 18.8 Å². The summed E-state index contributed by atoms with van der Waals surface area (Å²) in [6, 6.07) is -0.302. The zero-order valence-electron chi connectivity index (χ0n) is 12.0. The first-order valence-electron chi connectivity index (χ1n) is 6.52. The van der Waals surface area contributed by atoms with Crippen molar-refractivity contribution in [3.63, 3.8) is 0 Å².